The summed E-state index contributed by atoms with van der Waals surface area (Å²) in [6.07, 6.45) is 3.95. The second-order valence-electron chi connectivity index (χ2n) is 5.60. The first-order valence-corrected chi connectivity index (χ1v) is 8.56. The lowest BCUT2D eigenvalue weighted by Gasteiger charge is -2.25. The van der Waals surface area contributed by atoms with Gasteiger partial charge in [-0.3, -0.25) is 0 Å². The summed E-state index contributed by atoms with van der Waals surface area (Å²) >= 11 is 1.16. The Balaban J connectivity index is 1.58. The van der Waals surface area contributed by atoms with Crippen LogP contribution in [0.1, 0.15) is 30.4 Å². The van der Waals surface area contributed by atoms with Gasteiger partial charge in [0.05, 0.1) is 6.61 Å². The molecule has 0 spiro atoms. The molecule has 0 aliphatic heterocycles. The Labute approximate surface area is 141 Å². The molecule has 1 fully saturated rings. The fourth-order valence-electron chi connectivity index (χ4n) is 2.31. The second kappa shape index (κ2) is 7.77. The van der Waals surface area contributed by atoms with Crippen LogP contribution in [0, 0.1) is 28.4 Å². The largest absolute Gasteiger partial charge is 0.493 e. The minimum absolute atomic E-state index is 0.747. The van der Waals surface area contributed by atoms with E-state index in [2.05, 4.69) is 17.2 Å². The average Bonchev–Trinajstić information content (AvgIpc) is 2.54. The fourth-order valence-corrected chi connectivity index (χ4v) is 2.69. The summed E-state index contributed by atoms with van der Waals surface area (Å²) in [6, 6.07) is 15.6. The van der Waals surface area contributed by atoms with Crippen LogP contribution in [-0.2, 0) is 0 Å². The molecule has 2 aromatic carbocycles. The molecule has 1 saturated carbocycles. The highest BCUT2D eigenvalue weighted by Gasteiger charge is 2.17. The average molecular weight is 319 g/mol. The molecule has 0 amide bonds. The molecule has 2 nitrogen and oxygen atoms in total. The quantitative estimate of drug-likeness (QED) is 0.459. The first kappa shape index (κ1) is 15.5. The van der Waals surface area contributed by atoms with Gasteiger partial charge in [0.1, 0.15) is 11.2 Å². The Morgan fingerprint density at radius 1 is 0.957 bits per heavy atom. The van der Waals surface area contributed by atoms with Gasteiger partial charge in [-0.25, -0.2) is 0 Å². The Kier molecular flexibility index (Phi) is 5.25. The van der Waals surface area contributed by atoms with Gasteiger partial charge in [0, 0.05) is 16.0 Å². The van der Waals surface area contributed by atoms with Crippen LogP contribution in [0.25, 0.3) is 0 Å². The zero-order valence-electron chi connectivity index (χ0n) is 12.8. The van der Waals surface area contributed by atoms with Crippen LogP contribution in [0.15, 0.2) is 53.4 Å². The normalized spacial score (nSPS) is 13.3. The molecule has 1 aliphatic rings. The van der Waals surface area contributed by atoms with E-state index in [0.29, 0.717) is 0 Å². The molecule has 0 saturated heterocycles. The Hall–Kier alpha value is -2.36. The number of hydrogen-bond acceptors (Lipinski definition) is 3. The highest BCUT2D eigenvalue weighted by Crippen LogP contribution is 2.27. The molecule has 0 atom stereocenters. The van der Waals surface area contributed by atoms with Gasteiger partial charge >= 0.3 is 0 Å². The van der Waals surface area contributed by atoms with Crippen molar-refractivity contribution in [1.82, 2.24) is 0 Å². The summed E-state index contributed by atoms with van der Waals surface area (Å²) in [4.78, 5) is 0.936. The van der Waals surface area contributed by atoms with E-state index in [0.717, 1.165) is 46.1 Å². The first-order valence-electron chi connectivity index (χ1n) is 7.74. The summed E-state index contributed by atoms with van der Waals surface area (Å²) < 4.78 is 5.79. The van der Waals surface area contributed by atoms with E-state index in [1.165, 1.54) is 19.3 Å². The van der Waals surface area contributed by atoms with E-state index < -0.39 is 0 Å². The Bertz CT molecular complexity index is 743. The SMILES string of the molecule is N#CSc1ccc(C#Cc2ccc(OCC3CCC3)cc2)cc1. The van der Waals surface area contributed by atoms with Crippen LogP contribution < -0.4 is 4.74 Å². The highest BCUT2D eigenvalue weighted by atomic mass is 32.2. The van der Waals surface area contributed by atoms with E-state index in [1.54, 1.807) is 0 Å². The van der Waals surface area contributed by atoms with Crippen molar-refractivity contribution in [2.24, 2.45) is 5.92 Å². The van der Waals surface area contributed by atoms with E-state index in [4.69, 9.17) is 10.00 Å². The minimum atomic E-state index is 0.747. The molecular weight excluding hydrogens is 302 g/mol. The van der Waals surface area contributed by atoms with Crippen LogP contribution in [0.5, 0.6) is 5.75 Å². The van der Waals surface area contributed by atoms with Gasteiger partial charge < -0.3 is 4.74 Å². The third-order valence-corrected chi connectivity index (χ3v) is 4.53. The Morgan fingerprint density at radius 3 is 2.09 bits per heavy atom. The van der Waals surface area contributed by atoms with Gasteiger partial charge in [0.2, 0.25) is 0 Å². The van der Waals surface area contributed by atoms with E-state index in [9.17, 15) is 0 Å². The molecule has 23 heavy (non-hydrogen) atoms. The lowest BCUT2D eigenvalue weighted by atomic mass is 9.86. The topological polar surface area (TPSA) is 33.0 Å². The second-order valence-corrected chi connectivity index (χ2v) is 6.46. The minimum Gasteiger partial charge on any atom is -0.493 e. The molecule has 0 heterocycles. The molecule has 0 unspecified atom stereocenters. The first-order chi connectivity index (χ1) is 11.3. The number of benzene rings is 2. The predicted molar refractivity (Wildman–Crippen MR) is 93.2 cm³/mol. The maximum atomic E-state index is 8.62. The summed E-state index contributed by atoms with van der Waals surface area (Å²) in [6.45, 7) is 0.831. The summed E-state index contributed by atoms with van der Waals surface area (Å²) in [7, 11) is 0. The standard InChI is InChI=1S/C20H17NOS/c21-15-23-20-12-8-17(9-13-20)5-4-16-6-10-19(11-7-16)22-14-18-2-1-3-18/h6-13,18H,1-3,14H2. The van der Waals surface area contributed by atoms with Crippen LogP contribution in [0.2, 0.25) is 0 Å². The molecule has 2 aromatic rings. The van der Waals surface area contributed by atoms with Crippen molar-refractivity contribution in [3.63, 3.8) is 0 Å². The molecule has 114 valence electrons. The number of thioether (sulfide) groups is 1. The smallest absolute Gasteiger partial charge is 0.138 e. The molecule has 0 aromatic heterocycles. The molecule has 0 N–H and O–H groups in total. The van der Waals surface area contributed by atoms with Crippen molar-refractivity contribution in [3.8, 4) is 23.0 Å². The van der Waals surface area contributed by atoms with Gasteiger partial charge in [-0.15, -0.1) is 0 Å². The third-order valence-electron chi connectivity index (χ3n) is 3.93. The maximum Gasteiger partial charge on any atom is 0.138 e. The van der Waals surface area contributed by atoms with Gasteiger partial charge in [-0.1, -0.05) is 18.3 Å². The monoisotopic (exact) mass is 319 g/mol. The summed E-state index contributed by atoms with van der Waals surface area (Å²) in [5.74, 6) is 7.95. The lowest BCUT2D eigenvalue weighted by Crippen LogP contribution is -2.19. The van der Waals surface area contributed by atoms with Crippen molar-refractivity contribution < 1.29 is 4.74 Å². The van der Waals surface area contributed by atoms with Gasteiger partial charge in [0.15, 0.2) is 0 Å². The molecule has 1 aliphatic carbocycles. The molecule has 0 bridgehead atoms. The molecule has 0 radical (unpaired) electrons. The van der Waals surface area contributed by atoms with Gasteiger partial charge in [-0.2, -0.15) is 5.26 Å². The van der Waals surface area contributed by atoms with Gasteiger partial charge in [-0.05, 0) is 79.1 Å². The van der Waals surface area contributed by atoms with E-state index >= 15 is 0 Å². The zero-order chi connectivity index (χ0) is 15.9. The molecule has 3 heteroatoms. The Morgan fingerprint density at radius 2 is 1.57 bits per heavy atom. The summed E-state index contributed by atoms with van der Waals surface area (Å²) in [5.41, 5.74) is 1.91. The van der Waals surface area contributed by atoms with E-state index in [1.807, 2.05) is 48.5 Å². The number of rotatable bonds is 4. The van der Waals surface area contributed by atoms with Crippen LogP contribution >= 0.6 is 11.8 Å². The van der Waals surface area contributed by atoms with Gasteiger partial charge in [0.25, 0.3) is 0 Å². The van der Waals surface area contributed by atoms with Crippen molar-refractivity contribution in [3.05, 3.63) is 59.7 Å². The molecular formula is C20H17NOS. The van der Waals surface area contributed by atoms with Crippen molar-refractivity contribution >= 4 is 11.8 Å². The third kappa shape index (κ3) is 4.55. The van der Waals surface area contributed by atoms with Crippen LogP contribution in [0.3, 0.4) is 0 Å². The number of ether oxygens (including phenoxy) is 1. The number of nitriles is 1. The number of thiocyanates is 1. The highest BCUT2D eigenvalue weighted by molar-refractivity contribution is 8.03. The van der Waals surface area contributed by atoms with Crippen molar-refractivity contribution in [2.45, 2.75) is 24.2 Å². The number of hydrogen-bond donors (Lipinski definition) is 0. The van der Waals surface area contributed by atoms with E-state index in [-0.39, 0.29) is 0 Å². The predicted octanol–water partition coefficient (Wildman–Crippen LogP) is 4.84. The maximum absolute atomic E-state index is 8.62. The number of nitrogens with zero attached hydrogens (tertiary/aromatic N) is 1. The zero-order valence-corrected chi connectivity index (χ0v) is 13.6. The lowest BCUT2D eigenvalue weighted by molar-refractivity contribution is 0.180. The summed E-state index contributed by atoms with van der Waals surface area (Å²) in [5, 5.41) is 10.7. The van der Waals surface area contributed by atoms with Crippen LogP contribution in [0.4, 0.5) is 0 Å². The van der Waals surface area contributed by atoms with Crippen LogP contribution in [-0.4, -0.2) is 6.61 Å². The van der Waals surface area contributed by atoms with Crippen molar-refractivity contribution in [2.75, 3.05) is 6.61 Å². The fraction of sp³-hybridized carbons (Fsp3) is 0.250. The molecule has 3 rings (SSSR count). The van der Waals surface area contributed by atoms with Crippen molar-refractivity contribution in [1.29, 1.82) is 5.26 Å².